The average molecular weight is 139 g/mol. The number of rotatable bonds is 2. The molecule has 0 unspecified atom stereocenters. The molecule has 1 nitrogen and oxygen atoms in total. The summed E-state index contributed by atoms with van der Waals surface area (Å²) in [6.07, 6.45) is 2.61. The van der Waals surface area contributed by atoms with Gasteiger partial charge in [-0.3, -0.25) is 0 Å². The minimum Gasteiger partial charge on any atom is -0.471 e. The second kappa shape index (κ2) is 5.86. The fourth-order valence-corrected chi connectivity index (χ4v) is 0.224. The van der Waals surface area contributed by atoms with Gasteiger partial charge in [-0.1, -0.05) is 23.2 Å². The minimum atomic E-state index is 1.25. The maximum atomic E-state index is 5.05. The van der Waals surface area contributed by atoms with Crippen molar-refractivity contribution in [3.05, 3.63) is 23.6 Å². The van der Waals surface area contributed by atoms with E-state index in [9.17, 15) is 0 Å². The van der Waals surface area contributed by atoms with E-state index in [1.165, 1.54) is 23.6 Å². The molecule has 0 heterocycles. The zero-order chi connectivity index (χ0) is 5.54. The lowest BCUT2D eigenvalue weighted by Crippen LogP contribution is -1.57. The molecular weight excluding hydrogens is 135 g/mol. The van der Waals surface area contributed by atoms with E-state index in [0.717, 1.165) is 0 Å². The minimum absolute atomic E-state index is 1.25. The van der Waals surface area contributed by atoms with Crippen LogP contribution in [-0.4, -0.2) is 0 Å². The van der Waals surface area contributed by atoms with E-state index < -0.39 is 0 Å². The topological polar surface area (TPSA) is 9.23 Å². The number of hydrogen-bond donors (Lipinski definition) is 0. The summed E-state index contributed by atoms with van der Waals surface area (Å²) >= 11 is 10.1. The summed E-state index contributed by atoms with van der Waals surface area (Å²) in [4.78, 5) is 0. The van der Waals surface area contributed by atoms with Crippen molar-refractivity contribution in [3.63, 3.8) is 0 Å². The normalized spacial score (nSPS) is 11.1. The zero-order valence-corrected chi connectivity index (χ0v) is 4.99. The van der Waals surface area contributed by atoms with E-state index in [4.69, 9.17) is 23.2 Å². The molecule has 40 valence electrons. The molecule has 0 atom stereocenters. The Morgan fingerprint density at radius 3 is 1.71 bits per heavy atom. The van der Waals surface area contributed by atoms with Crippen molar-refractivity contribution < 1.29 is 4.74 Å². The molecule has 3 heteroatoms. The summed E-state index contributed by atoms with van der Waals surface area (Å²) in [6.45, 7) is 0. The molecule has 0 saturated heterocycles. The van der Waals surface area contributed by atoms with E-state index in [-0.39, 0.29) is 0 Å². The Morgan fingerprint density at radius 2 is 1.43 bits per heavy atom. The van der Waals surface area contributed by atoms with Crippen molar-refractivity contribution in [2.24, 2.45) is 0 Å². The van der Waals surface area contributed by atoms with Crippen molar-refractivity contribution in [1.29, 1.82) is 0 Å². The lowest BCUT2D eigenvalue weighted by molar-refractivity contribution is 0.405. The first kappa shape index (κ1) is 6.86. The Morgan fingerprint density at radius 1 is 1.00 bits per heavy atom. The fourth-order valence-electron chi connectivity index (χ4n) is 0.105. The Labute approximate surface area is 52.2 Å². The lowest BCUT2D eigenvalue weighted by atomic mass is 11.1. The van der Waals surface area contributed by atoms with Gasteiger partial charge in [0.25, 0.3) is 0 Å². The Bertz CT molecular complexity index is 67.8. The van der Waals surface area contributed by atoms with Crippen LogP contribution in [0.1, 0.15) is 0 Å². The molecule has 0 amide bonds. The maximum absolute atomic E-state index is 5.05. The van der Waals surface area contributed by atoms with E-state index in [1.807, 2.05) is 0 Å². The van der Waals surface area contributed by atoms with Crippen LogP contribution in [0.4, 0.5) is 0 Å². The summed E-state index contributed by atoms with van der Waals surface area (Å²) in [7, 11) is 0. The molecule has 0 fully saturated rings. The van der Waals surface area contributed by atoms with Crippen molar-refractivity contribution in [1.82, 2.24) is 0 Å². The molecule has 0 N–H and O–H groups in total. The van der Waals surface area contributed by atoms with E-state index in [0.29, 0.717) is 0 Å². The summed E-state index contributed by atoms with van der Waals surface area (Å²) in [5, 5.41) is 0. The molecule has 0 spiro atoms. The van der Waals surface area contributed by atoms with Crippen LogP contribution in [0.2, 0.25) is 0 Å². The highest BCUT2D eigenvalue weighted by Gasteiger charge is 1.60. The summed E-state index contributed by atoms with van der Waals surface area (Å²) < 4.78 is 4.51. The standard InChI is InChI=1S/C4H4Cl2O/c5-1-3-7-4-2-6/h1-4H/b3-1+,4-2+. The van der Waals surface area contributed by atoms with Gasteiger partial charge < -0.3 is 4.74 Å². The number of ether oxygens (including phenoxy) is 1. The highest BCUT2D eigenvalue weighted by atomic mass is 35.5. The van der Waals surface area contributed by atoms with Crippen LogP contribution >= 0.6 is 23.2 Å². The molecule has 0 rings (SSSR count). The smallest absolute Gasteiger partial charge is 0.101 e. The van der Waals surface area contributed by atoms with Crippen molar-refractivity contribution >= 4 is 23.2 Å². The van der Waals surface area contributed by atoms with Gasteiger partial charge in [0.2, 0.25) is 0 Å². The zero-order valence-electron chi connectivity index (χ0n) is 3.47. The number of hydrogen-bond acceptors (Lipinski definition) is 1. The van der Waals surface area contributed by atoms with Gasteiger partial charge in [-0.25, -0.2) is 0 Å². The van der Waals surface area contributed by atoms with Gasteiger partial charge in [0.05, 0.1) is 0 Å². The first-order chi connectivity index (χ1) is 3.41. The van der Waals surface area contributed by atoms with Crippen LogP contribution in [-0.2, 0) is 4.74 Å². The van der Waals surface area contributed by atoms with E-state index in [1.54, 1.807) is 0 Å². The molecule has 0 bridgehead atoms. The monoisotopic (exact) mass is 138 g/mol. The van der Waals surface area contributed by atoms with Crippen LogP contribution in [0.5, 0.6) is 0 Å². The molecule has 0 aromatic carbocycles. The van der Waals surface area contributed by atoms with Gasteiger partial charge in [0, 0.05) is 11.1 Å². The molecule has 7 heavy (non-hydrogen) atoms. The predicted molar refractivity (Wildman–Crippen MR) is 31.1 cm³/mol. The summed E-state index contributed by atoms with van der Waals surface area (Å²) in [5.41, 5.74) is 2.49. The average Bonchev–Trinajstić information content (AvgIpc) is 1.69. The second-order valence-corrected chi connectivity index (χ2v) is 1.16. The van der Waals surface area contributed by atoms with Gasteiger partial charge in [-0.2, -0.15) is 0 Å². The van der Waals surface area contributed by atoms with Gasteiger partial charge >= 0.3 is 0 Å². The third-order valence-corrected chi connectivity index (χ3v) is 0.466. The predicted octanol–water partition coefficient (Wildman–Crippen LogP) is 2.42. The van der Waals surface area contributed by atoms with E-state index >= 15 is 0 Å². The van der Waals surface area contributed by atoms with Crippen LogP contribution in [0.25, 0.3) is 0 Å². The lowest BCUT2D eigenvalue weighted by Gasteiger charge is -1.80. The SMILES string of the molecule is Cl/C=C/O/C=C/Cl. The van der Waals surface area contributed by atoms with Crippen LogP contribution < -0.4 is 0 Å². The first-order valence-electron chi connectivity index (χ1n) is 1.57. The van der Waals surface area contributed by atoms with Gasteiger partial charge in [0.15, 0.2) is 0 Å². The molecule has 0 radical (unpaired) electrons. The molecule has 0 saturated carbocycles. The third kappa shape index (κ3) is 5.86. The second-order valence-electron chi connectivity index (χ2n) is 0.660. The third-order valence-electron chi connectivity index (χ3n) is 0.260. The molecule has 0 aromatic rings. The van der Waals surface area contributed by atoms with Crippen molar-refractivity contribution in [2.75, 3.05) is 0 Å². The largest absolute Gasteiger partial charge is 0.471 e. The van der Waals surface area contributed by atoms with Gasteiger partial charge in [-0.15, -0.1) is 0 Å². The first-order valence-corrected chi connectivity index (χ1v) is 2.45. The fraction of sp³-hybridized carbons (Fsp3) is 0. The maximum Gasteiger partial charge on any atom is 0.101 e. The summed E-state index contributed by atoms with van der Waals surface area (Å²) in [5.74, 6) is 0. The van der Waals surface area contributed by atoms with Crippen LogP contribution in [0, 0.1) is 0 Å². The Hall–Kier alpha value is -0.140. The highest BCUT2D eigenvalue weighted by Crippen LogP contribution is 1.84. The number of halogens is 2. The van der Waals surface area contributed by atoms with Gasteiger partial charge in [0.1, 0.15) is 12.5 Å². The Balaban J connectivity index is 2.98. The van der Waals surface area contributed by atoms with Crippen LogP contribution in [0.3, 0.4) is 0 Å². The van der Waals surface area contributed by atoms with Gasteiger partial charge in [-0.05, 0) is 0 Å². The van der Waals surface area contributed by atoms with Crippen molar-refractivity contribution in [3.8, 4) is 0 Å². The summed E-state index contributed by atoms with van der Waals surface area (Å²) in [6, 6.07) is 0. The van der Waals surface area contributed by atoms with E-state index in [2.05, 4.69) is 4.74 Å². The quantitative estimate of drug-likeness (QED) is 0.533. The molecule has 0 aliphatic rings. The van der Waals surface area contributed by atoms with Crippen LogP contribution in [0.15, 0.2) is 23.6 Å². The van der Waals surface area contributed by atoms with Crippen molar-refractivity contribution in [2.45, 2.75) is 0 Å². The molecular formula is C4H4Cl2O. The highest BCUT2D eigenvalue weighted by molar-refractivity contribution is 6.25. The Kier molecular flexibility index (Phi) is 5.74. The molecule has 0 aliphatic heterocycles. The molecule has 0 aromatic heterocycles. The molecule has 0 aliphatic carbocycles.